The summed E-state index contributed by atoms with van der Waals surface area (Å²) >= 11 is 12.2. The molecule has 7 nitrogen and oxygen atoms in total. The first-order chi connectivity index (χ1) is 16.9. The third-order valence-electron chi connectivity index (χ3n) is 5.41. The molecule has 0 aliphatic rings. The minimum Gasteiger partial charge on any atom is -0.481 e. The van der Waals surface area contributed by atoms with Crippen LogP contribution >= 0.6 is 23.2 Å². The van der Waals surface area contributed by atoms with Crippen LogP contribution in [-0.2, 0) is 6.42 Å². The van der Waals surface area contributed by atoms with Crippen molar-refractivity contribution >= 4 is 23.2 Å². The normalized spacial score (nSPS) is 12.5. The number of ether oxygens (including phenoxy) is 1. The molecule has 2 unspecified atom stereocenters. The van der Waals surface area contributed by atoms with Gasteiger partial charge in [0.25, 0.3) is 5.56 Å². The van der Waals surface area contributed by atoms with Crippen molar-refractivity contribution in [1.82, 2.24) is 19.9 Å². The Hall–Kier alpha value is -2.89. The van der Waals surface area contributed by atoms with E-state index in [1.807, 2.05) is 19.1 Å². The third kappa shape index (κ3) is 7.81. The molecule has 3 rings (SSSR count). The maximum Gasteiger partial charge on any atom is 0.258 e. The molecule has 0 saturated heterocycles. The van der Waals surface area contributed by atoms with Gasteiger partial charge in [-0.05, 0) is 37.1 Å². The zero-order chi connectivity index (χ0) is 25.2. The molecule has 2 heterocycles. The average molecular weight is 515 g/mol. The molecule has 0 spiro atoms. The van der Waals surface area contributed by atoms with Gasteiger partial charge in [0.2, 0.25) is 5.88 Å². The SMILES string of the molecule is COc1ccnc(CCCC#CCCNC(O)c2cc(Cl)cn(C(C)c3ccc(Cl)cc3)c2=O)n1. The molecule has 0 fully saturated rings. The molecule has 0 bridgehead atoms. The molecule has 2 aromatic heterocycles. The van der Waals surface area contributed by atoms with E-state index in [4.69, 9.17) is 27.9 Å². The molecule has 0 aliphatic heterocycles. The Labute approximate surface area is 215 Å². The molecule has 0 saturated carbocycles. The number of rotatable bonds is 10. The predicted molar refractivity (Wildman–Crippen MR) is 138 cm³/mol. The third-order valence-corrected chi connectivity index (χ3v) is 5.86. The van der Waals surface area contributed by atoms with Gasteiger partial charge in [-0.1, -0.05) is 35.3 Å². The van der Waals surface area contributed by atoms with Crippen molar-refractivity contribution in [3.63, 3.8) is 0 Å². The minimum absolute atomic E-state index is 0.185. The number of aliphatic hydroxyl groups is 1. The molecular formula is C26H28Cl2N4O3. The lowest BCUT2D eigenvalue weighted by molar-refractivity contribution is 0.138. The van der Waals surface area contributed by atoms with E-state index < -0.39 is 6.23 Å². The van der Waals surface area contributed by atoms with E-state index in [2.05, 4.69) is 27.1 Å². The first-order valence-electron chi connectivity index (χ1n) is 11.3. The Morgan fingerprint density at radius 2 is 1.89 bits per heavy atom. The van der Waals surface area contributed by atoms with Crippen molar-refractivity contribution in [1.29, 1.82) is 0 Å². The number of unbranched alkanes of at least 4 members (excludes halogenated alkanes) is 1. The summed E-state index contributed by atoms with van der Waals surface area (Å²) in [5.74, 6) is 7.47. The molecule has 2 atom stereocenters. The van der Waals surface area contributed by atoms with E-state index >= 15 is 0 Å². The van der Waals surface area contributed by atoms with Crippen molar-refractivity contribution in [3.05, 3.63) is 86.1 Å². The van der Waals surface area contributed by atoms with Crippen LogP contribution in [0.3, 0.4) is 0 Å². The fourth-order valence-corrected chi connectivity index (χ4v) is 3.83. The number of benzene rings is 1. The van der Waals surface area contributed by atoms with Gasteiger partial charge in [-0.2, -0.15) is 4.98 Å². The highest BCUT2D eigenvalue weighted by molar-refractivity contribution is 6.30. The van der Waals surface area contributed by atoms with Gasteiger partial charge in [0, 0.05) is 49.3 Å². The lowest BCUT2D eigenvalue weighted by Crippen LogP contribution is -2.32. The van der Waals surface area contributed by atoms with Gasteiger partial charge in [0.05, 0.1) is 23.7 Å². The molecular weight excluding hydrogens is 487 g/mol. The van der Waals surface area contributed by atoms with Crippen molar-refractivity contribution in [3.8, 4) is 17.7 Å². The quantitative estimate of drug-likeness (QED) is 0.234. The molecule has 3 aromatic rings. The second-order valence-electron chi connectivity index (χ2n) is 7.88. The predicted octanol–water partition coefficient (Wildman–Crippen LogP) is 4.56. The number of nitrogens with one attached hydrogen (secondary N) is 1. The zero-order valence-corrected chi connectivity index (χ0v) is 21.2. The van der Waals surface area contributed by atoms with Gasteiger partial charge in [-0.25, -0.2) is 4.98 Å². The number of methoxy groups -OCH3 is 1. The lowest BCUT2D eigenvalue weighted by atomic mass is 10.1. The van der Waals surface area contributed by atoms with E-state index in [0.29, 0.717) is 35.3 Å². The average Bonchev–Trinajstić information content (AvgIpc) is 2.86. The summed E-state index contributed by atoms with van der Waals surface area (Å²) in [7, 11) is 1.58. The van der Waals surface area contributed by atoms with Gasteiger partial charge in [0.15, 0.2) is 0 Å². The van der Waals surface area contributed by atoms with Crippen molar-refractivity contribution < 1.29 is 9.84 Å². The number of nitrogens with zero attached hydrogens (tertiary/aromatic N) is 3. The molecule has 1 aromatic carbocycles. The number of hydrogen-bond acceptors (Lipinski definition) is 6. The second kappa shape index (κ2) is 13.3. The summed E-state index contributed by atoms with van der Waals surface area (Å²) in [6.45, 7) is 2.31. The van der Waals surface area contributed by atoms with Crippen LogP contribution in [0.15, 0.2) is 53.6 Å². The lowest BCUT2D eigenvalue weighted by Gasteiger charge is -2.19. The van der Waals surface area contributed by atoms with E-state index in [9.17, 15) is 9.90 Å². The van der Waals surface area contributed by atoms with Gasteiger partial charge in [-0.15, -0.1) is 11.8 Å². The zero-order valence-electron chi connectivity index (χ0n) is 19.7. The monoisotopic (exact) mass is 514 g/mol. The molecule has 9 heteroatoms. The van der Waals surface area contributed by atoms with Crippen molar-refractivity contribution in [2.75, 3.05) is 13.7 Å². The van der Waals surface area contributed by atoms with E-state index in [-0.39, 0.29) is 17.2 Å². The van der Waals surface area contributed by atoms with Gasteiger partial charge in [-0.3, -0.25) is 10.1 Å². The molecule has 0 amide bonds. The number of aliphatic hydroxyl groups excluding tert-OH is 1. The maximum absolute atomic E-state index is 13.0. The highest BCUT2D eigenvalue weighted by Crippen LogP contribution is 2.21. The summed E-state index contributed by atoms with van der Waals surface area (Å²) in [5, 5.41) is 14.5. The van der Waals surface area contributed by atoms with Crippen LogP contribution in [0.25, 0.3) is 0 Å². The van der Waals surface area contributed by atoms with Crippen LogP contribution < -0.4 is 15.6 Å². The Balaban J connectivity index is 1.51. The Bertz CT molecular complexity index is 1240. The van der Waals surface area contributed by atoms with Crippen molar-refractivity contribution in [2.24, 2.45) is 0 Å². The summed E-state index contributed by atoms with van der Waals surface area (Å²) in [6.07, 6.45) is 4.89. The summed E-state index contributed by atoms with van der Waals surface area (Å²) < 4.78 is 6.61. The Kier molecular flexibility index (Phi) is 10.1. The minimum atomic E-state index is -1.16. The van der Waals surface area contributed by atoms with E-state index in [0.717, 1.165) is 24.2 Å². The topological polar surface area (TPSA) is 89.3 Å². The van der Waals surface area contributed by atoms with E-state index in [1.54, 1.807) is 37.7 Å². The van der Waals surface area contributed by atoms with Crippen LogP contribution in [0.5, 0.6) is 5.88 Å². The van der Waals surface area contributed by atoms with Crippen LogP contribution in [0.1, 0.15) is 55.4 Å². The number of halogens is 2. The maximum atomic E-state index is 13.0. The summed E-state index contributed by atoms with van der Waals surface area (Å²) in [5.41, 5.74) is 0.771. The molecule has 35 heavy (non-hydrogen) atoms. The van der Waals surface area contributed by atoms with Crippen LogP contribution in [0, 0.1) is 11.8 Å². The summed E-state index contributed by atoms with van der Waals surface area (Å²) in [4.78, 5) is 21.5. The van der Waals surface area contributed by atoms with Gasteiger partial charge >= 0.3 is 0 Å². The Morgan fingerprint density at radius 3 is 2.63 bits per heavy atom. The van der Waals surface area contributed by atoms with Crippen LogP contribution in [-0.4, -0.2) is 33.3 Å². The standard InChI is InChI=1S/C26H28Cl2N4O3/c1-18(19-9-11-20(27)12-10-19)32-17-21(28)16-22(26(32)34)25(33)30-14-7-5-3-4-6-8-23-29-15-13-24(31-23)35-2/h9-13,15-18,25,30,33H,4,6-8,14H2,1-2H3. The first kappa shape index (κ1) is 26.7. The van der Waals surface area contributed by atoms with Gasteiger partial charge in [0.1, 0.15) is 12.1 Å². The van der Waals surface area contributed by atoms with Crippen LogP contribution in [0.2, 0.25) is 10.0 Å². The molecule has 0 radical (unpaired) electrons. The first-order valence-corrected chi connectivity index (χ1v) is 12.0. The Morgan fingerprint density at radius 1 is 1.14 bits per heavy atom. The molecule has 2 N–H and O–H groups in total. The fraction of sp³-hybridized carbons (Fsp3) is 0.346. The number of hydrogen-bond donors (Lipinski definition) is 2. The molecule has 0 aliphatic carbocycles. The smallest absolute Gasteiger partial charge is 0.258 e. The molecule has 184 valence electrons. The highest BCUT2D eigenvalue weighted by atomic mass is 35.5. The largest absolute Gasteiger partial charge is 0.481 e. The highest BCUT2D eigenvalue weighted by Gasteiger charge is 2.18. The van der Waals surface area contributed by atoms with Gasteiger partial charge < -0.3 is 14.4 Å². The second-order valence-corrected chi connectivity index (χ2v) is 8.76. The fourth-order valence-electron chi connectivity index (χ4n) is 3.48. The van der Waals surface area contributed by atoms with E-state index in [1.165, 1.54) is 10.6 Å². The van der Waals surface area contributed by atoms with Crippen molar-refractivity contribution in [2.45, 2.75) is 44.9 Å². The summed E-state index contributed by atoms with van der Waals surface area (Å²) in [6, 6.07) is 10.2. The number of aromatic nitrogens is 3. The number of aryl methyl sites for hydroxylation is 1. The van der Waals surface area contributed by atoms with Crippen LogP contribution in [0.4, 0.5) is 0 Å². The number of pyridine rings is 1.